The smallest absolute Gasteiger partial charge is 0.337 e. The first-order valence-electron chi connectivity index (χ1n) is 11.8. The standard InChI is InChI=1S/C25H34O7/c1-14-6-11-20-15(2)22(28-16(3)17-7-9-18(10-8-17)21(26)27-5)29-23-25(20)19(14)12-13-24(4,30-23)31-32-25/h7-10,14-16,19-20,22-23H,6,11-13H2,1-5H3/t14-,15-,16?,19?,20?,22+,23-,24+,25-/m1/s1. The molecule has 7 heteroatoms. The van der Waals surface area contributed by atoms with Gasteiger partial charge in [0.25, 0.3) is 0 Å². The van der Waals surface area contributed by atoms with E-state index in [9.17, 15) is 4.79 Å². The Morgan fingerprint density at radius 3 is 2.56 bits per heavy atom. The van der Waals surface area contributed by atoms with Crippen molar-refractivity contribution in [2.24, 2.45) is 23.7 Å². The molecule has 1 aliphatic carbocycles. The van der Waals surface area contributed by atoms with E-state index in [-0.39, 0.29) is 23.9 Å². The lowest BCUT2D eigenvalue weighted by molar-refractivity contribution is -0.578. The van der Waals surface area contributed by atoms with Crippen molar-refractivity contribution < 1.29 is 33.5 Å². The number of hydrogen-bond acceptors (Lipinski definition) is 7. The average Bonchev–Trinajstić information content (AvgIpc) is 3.02. The first-order valence-corrected chi connectivity index (χ1v) is 11.8. The third-order valence-electron chi connectivity index (χ3n) is 8.24. The largest absolute Gasteiger partial charge is 0.465 e. The molecule has 5 fully saturated rings. The van der Waals surface area contributed by atoms with Gasteiger partial charge in [0.05, 0.1) is 18.8 Å². The molecular weight excluding hydrogens is 412 g/mol. The Morgan fingerprint density at radius 2 is 1.84 bits per heavy atom. The molecule has 4 aliphatic heterocycles. The number of carbonyl (C=O) groups is 1. The average molecular weight is 447 g/mol. The van der Waals surface area contributed by atoms with Crippen LogP contribution in [0.3, 0.4) is 0 Å². The minimum atomic E-state index is -0.794. The van der Waals surface area contributed by atoms with Crippen LogP contribution in [-0.2, 0) is 28.7 Å². The lowest BCUT2D eigenvalue weighted by Crippen LogP contribution is -2.70. The summed E-state index contributed by atoms with van der Waals surface area (Å²) < 4.78 is 24.1. The van der Waals surface area contributed by atoms with Gasteiger partial charge in [0.15, 0.2) is 18.2 Å². The summed E-state index contributed by atoms with van der Waals surface area (Å²) in [5.74, 6) is 0.0655. The molecule has 5 aliphatic rings. The molecule has 3 unspecified atom stereocenters. The molecule has 7 nitrogen and oxygen atoms in total. The van der Waals surface area contributed by atoms with Gasteiger partial charge < -0.3 is 18.9 Å². The fraction of sp³-hybridized carbons (Fsp3) is 0.720. The zero-order chi connectivity index (χ0) is 22.7. The summed E-state index contributed by atoms with van der Waals surface area (Å²) in [6, 6.07) is 7.31. The molecule has 0 radical (unpaired) electrons. The van der Waals surface area contributed by atoms with Gasteiger partial charge in [-0.05, 0) is 62.6 Å². The third-order valence-corrected chi connectivity index (χ3v) is 8.24. The van der Waals surface area contributed by atoms with Crippen LogP contribution in [0, 0.1) is 23.7 Å². The van der Waals surface area contributed by atoms with Gasteiger partial charge >= 0.3 is 5.97 Å². The topological polar surface area (TPSA) is 72.5 Å². The highest BCUT2D eigenvalue weighted by Crippen LogP contribution is 2.60. The molecule has 0 amide bonds. The highest BCUT2D eigenvalue weighted by Gasteiger charge is 2.69. The van der Waals surface area contributed by atoms with Gasteiger partial charge in [-0.1, -0.05) is 26.0 Å². The molecule has 4 saturated heterocycles. The monoisotopic (exact) mass is 446 g/mol. The number of esters is 1. The molecule has 32 heavy (non-hydrogen) atoms. The number of benzene rings is 1. The SMILES string of the molecule is COC(=O)c1ccc(C(C)O[C@H]2O[C@@H]3O[C@]4(C)CCC5[C@H](C)CCC([C@H]2C)[C@]53OO4)cc1. The van der Waals surface area contributed by atoms with Crippen molar-refractivity contribution in [3.05, 3.63) is 35.4 Å². The Hall–Kier alpha value is -1.51. The molecule has 1 spiro atoms. The van der Waals surface area contributed by atoms with Crippen LogP contribution < -0.4 is 0 Å². The Kier molecular flexibility index (Phi) is 5.62. The quantitative estimate of drug-likeness (QED) is 0.488. The molecule has 176 valence electrons. The Balaban J connectivity index is 1.38. The highest BCUT2D eigenvalue weighted by atomic mass is 17.3. The van der Waals surface area contributed by atoms with Crippen LogP contribution in [0.4, 0.5) is 0 Å². The lowest BCUT2D eigenvalue weighted by atomic mass is 9.58. The number of rotatable bonds is 4. The van der Waals surface area contributed by atoms with E-state index in [2.05, 4.69) is 13.8 Å². The predicted molar refractivity (Wildman–Crippen MR) is 114 cm³/mol. The van der Waals surface area contributed by atoms with Crippen LogP contribution in [0.15, 0.2) is 24.3 Å². The third kappa shape index (κ3) is 3.41. The van der Waals surface area contributed by atoms with Gasteiger partial charge in [-0.15, -0.1) is 0 Å². The summed E-state index contributed by atoms with van der Waals surface area (Å²) in [5, 5.41) is 0. The molecular formula is C25H34O7. The van der Waals surface area contributed by atoms with Crippen molar-refractivity contribution in [1.82, 2.24) is 0 Å². The van der Waals surface area contributed by atoms with E-state index < -0.39 is 24.0 Å². The van der Waals surface area contributed by atoms with Crippen LogP contribution in [0.25, 0.3) is 0 Å². The summed E-state index contributed by atoms with van der Waals surface area (Å²) in [7, 11) is 1.38. The van der Waals surface area contributed by atoms with E-state index in [4.69, 9.17) is 28.7 Å². The molecule has 0 N–H and O–H groups in total. The lowest BCUT2D eigenvalue weighted by Gasteiger charge is -2.60. The van der Waals surface area contributed by atoms with Crippen LogP contribution in [0.5, 0.6) is 0 Å². The van der Waals surface area contributed by atoms with Gasteiger partial charge in [-0.2, -0.15) is 0 Å². The normalized spacial score (nSPS) is 43.8. The maximum atomic E-state index is 11.7. The Morgan fingerprint density at radius 1 is 1.09 bits per heavy atom. The maximum absolute atomic E-state index is 11.7. The second-order valence-corrected chi connectivity index (χ2v) is 10.2. The van der Waals surface area contributed by atoms with Crippen LogP contribution >= 0.6 is 0 Å². The molecule has 6 rings (SSSR count). The molecule has 1 aromatic rings. The number of methoxy groups -OCH3 is 1. The van der Waals surface area contributed by atoms with E-state index in [0.29, 0.717) is 17.4 Å². The minimum Gasteiger partial charge on any atom is -0.465 e. The zero-order valence-electron chi connectivity index (χ0n) is 19.5. The van der Waals surface area contributed by atoms with Crippen molar-refractivity contribution in [3.63, 3.8) is 0 Å². The van der Waals surface area contributed by atoms with Gasteiger partial charge in [-0.25, -0.2) is 14.6 Å². The molecule has 9 atom stereocenters. The predicted octanol–water partition coefficient (Wildman–Crippen LogP) is 4.76. The van der Waals surface area contributed by atoms with Crippen LogP contribution in [0.1, 0.15) is 75.4 Å². The summed E-state index contributed by atoms with van der Waals surface area (Å²) >= 11 is 0. The van der Waals surface area contributed by atoms with Crippen molar-refractivity contribution in [3.8, 4) is 0 Å². The van der Waals surface area contributed by atoms with Crippen LogP contribution in [-0.4, -0.2) is 37.0 Å². The number of carbonyl (C=O) groups excluding carboxylic acids is 1. The molecule has 0 aromatic heterocycles. The van der Waals surface area contributed by atoms with Gasteiger partial charge in [-0.3, -0.25) is 0 Å². The summed E-state index contributed by atoms with van der Waals surface area (Å²) in [6.45, 7) is 8.42. The van der Waals surface area contributed by atoms with Crippen molar-refractivity contribution >= 4 is 5.97 Å². The molecule has 1 saturated carbocycles. The van der Waals surface area contributed by atoms with Crippen molar-refractivity contribution in [2.75, 3.05) is 7.11 Å². The van der Waals surface area contributed by atoms with E-state index in [1.165, 1.54) is 7.11 Å². The minimum absolute atomic E-state index is 0.118. The first kappa shape index (κ1) is 22.3. The van der Waals surface area contributed by atoms with Crippen molar-refractivity contribution in [2.45, 2.75) is 83.5 Å². The summed E-state index contributed by atoms with van der Waals surface area (Å²) in [4.78, 5) is 23.8. The van der Waals surface area contributed by atoms with Crippen molar-refractivity contribution in [1.29, 1.82) is 0 Å². The van der Waals surface area contributed by atoms with E-state index in [1.54, 1.807) is 12.1 Å². The fourth-order valence-corrected chi connectivity index (χ4v) is 6.32. The number of ether oxygens (including phenoxy) is 4. The second kappa shape index (κ2) is 8.06. The van der Waals surface area contributed by atoms with E-state index >= 15 is 0 Å². The van der Waals surface area contributed by atoms with Gasteiger partial charge in [0.1, 0.15) is 0 Å². The molecule has 4 heterocycles. The molecule has 1 aromatic carbocycles. The highest BCUT2D eigenvalue weighted by molar-refractivity contribution is 5.89. The molecule has 2 bridgehead atoms. The number of hydrogen-bond donors (Lipinski definition) is 0. The van der Waals surface area contributed by atoms with E-state index in [1.807, 2.05) is 26.0 Å². The number of fused-ring (bicyclic) bond motifs is 2. The second-order valence-electron chi connectivity index (χ2n) is 10.2. The van der Waals surface area contributed by atoms with Gasteiger partial charge in [0, 0.05) is 18.3 Å². The summed E-state index contributed by atoms with van der Waals surface area (Å²) in [5.41, 5.74) is 0.903. The zero-order valence-corrected chi connectivity index (χ0v) is 19.5. The Labute approximate surface area is 189 Å². The van der Waals surface area contributed by atoms with Gasteiger partial charge in [0.2, 0.25) is 5.79 Å². The maximum Gasteiger partial charge on any atom is 0.337 e. The van der Waals surface area contributed by atoms with E-state index in [0.717, 1.165) is 31.2 Å². The summed E-state index contributed by atoms with van der Waals surface area (Å²) in [6.07, 6.45) is 2.84. The fourth-order valence-electron chi connectivity index (χ4n) is 6.32. The Bertz CT molecular complexity index is 856. The first-order chi connectivity index (χ1) is 15.3. The van der Waals surface area contributed by atoms with Crippen LogP contribution in [0.2, 0.25) is 0 Å².